The fraction of sp³-hybridized carbons (Fsp3) is 0.857. The first kappa shape index (κ1) is 18.5. The average Bonchev–Trinajstić information content (AvgIpc) is 2.97. The van der Waals surface area contributed by atoms with Gasteiger partial charge in [0.05, 0.1) is 31.3 Å². The number of aliphatic hydroxyl groups excluding tert-OH is 2. The van der Waals surface area contributed by atoms with Crippen molar-refractivity contribution in [2.75, 3.05) is 13.7 Å². The van der Waals surface area contributed by atoms with Crippen molar-refractivity contribution in [2.45, 2.75) is 76.4 Å². The van der Waals surface area contributed by atoms with Crippen molar-refractivity contribution in [1.29, 1.82) is 0 Å². The van der Waals surface area contributed by atoms with Crippen molar-refractivity contribution in [3.05, 3.63) is 11.1 Å². The Kier molecular flexibility index (Phi) is 4.29. The van der Waals surface area contributed by atoms with Crippen molar-refractivity contribution in [1.82, 2.24) is 0 Å². The second-order valence-electron chi connectivity index (χ2n) is 9.37. The highest BCUT2D eigenvalue weighted by Gasteiger charge is 2.63. The molecule has 0 unspecified atom stereocenters. The maximum atomic E-state index is 12.3. The average molecular weight is 364 g/mol. The third-order valence-corrected chi connectivity index (χ3v) is 8.57. The van der Waals surface area contributed by atoms with E-state index < -0.39 is 17.1 Å². The monoisotopic (exact) mass is 364 g/mol. The minimum absolute atomic E-state index is 0.0329. The molecule has 0 radical (unpaired) electrons. The summed E-state index contributed by atoms with van der Waals surface area (Å²) in [4.78, 5) is 12.3. The first-order valence-corrected chi connectivity index (χ1v) is 10.1. The zero-order valence-electron chi connectivity index (χ0n) is 16.0. The molecule has 146 valence electrons. The van der Waals surface area contributed by atoms with Crippen LogP contribution in [0.3, 0.4) is 0 Å². The van der Waals surface area contributed by atoms with E-state index in [1.54, 1.807) is 0 Å². The van der Waals surface area contributed by atoms with Gasteiger partial charge in [0.1, 0.15) is 0 Å². The quantitative estimate of drug-likeness (QED) is 0.517. The van der Waals surface area contributed by atoms with Gasteiger partial charge in [0.25, 0.3) is 0 Å². The van der Waals surface area contributed by atoms with Crippen molar-refractivity contribution < 1.29 is 24.9 Å². The topological polar surface area (TPSA) is 87.0 Å². The molecule has 3 fully saturated rings. The van der Waals surface area contributed by atoms with E-state index in [2.05, 4.69) is 6.92 Å². The summed E-state index contributed by atoms with van der Waals surface area (Å²) in [5, 5.41) is 32.0. The zero-order valence-corrected chi connectivity index (χ0v) is 16.0. The van der Waals surface area contributed by atoms with E-state index in [1.165, 1.54) is 18.3 Å². The molecule has 4 rings (SSSR count). The molecule has 0 spiro atoms. The van der Waals surface area contributed by atoms with Gasteiger partial charge in [-0.1, -0.05) is 18.1 Å². The Labute approximate surface area is 155 Å². The second-order valence-corrected chi connectivity index (χ2v) is 9.37. The smallest absolute Gasteiger partial charge is 0.309 e. The third-order valence-electron chi connectivity index (χ3n) is 8.57. The minimum Gasteiger partial charge on any atom is -0.469 e. The summed E-state index contributed by atoms with van der Waals surface area (Å²) in [6.07, 6.45) is 6.16. The minimum atomic E-state index is -0.984. The van der Waals surface area contributed by atoms with Crippen LogP contribution in [0.2, 0.25) is 0 Å². The van der Waals surface area contributed by atoms with Gasteiger partial charge in [-0.15, -0.1) is 0 Å². The van der Waals surface area contributed by atoms with Gasteiger partial charge in [-0.2, -0.15) is 0 Å². The van der Waals surface area contributed by atoms with E-state index in [1.807, 2.05) is 0 Å². The predicted molar refractivity (Wildman–Crippen MR) is 96.2 cm³/mol. The number of hydrogen-bond donors (Lipinski definition) is 3. The van der Waals surface area contributed by atoms with Gasteiger partial charge in [-0.05, 0) is 57.3 Å². The molecule has 4 aliphatic rings. The summed E-state index contributed by atoms with van der Waals surface area (Å²) in [6, 6.07) is 0. The van der Waals surface area contributed by atoms with Gasteiger partial charge in [0.2, 0.25) is 0 Å². The Morgan fingerprint density at radius 3 is 2.65 bits per heavy atom. The molecule has 5 heteroatoms. The number of carbonyl (C=O) groups excluding carboxylic acids is 1. The van der Waals surface area contributed by atoms with Gasteiger partial charge < -0.3 is 20.1 Å². The Balaban J connectivity index is 1.76. The van der Waals surface area contributed by atoms with Crippen molar-refractivity contribution in [3.8, 4) is 0 Å². The number of carbonyl (C=O) groups is 1. The molecule has 0 aromatic rings. The van der Waals surface area contributed by atoms with Crippen LogP contribution in [-0.4, -0.2) is 46.7 Å². The SMILES string of the molecule is COC(=O)[C@@H]1CCC2=C3CC[C@]4(O)C[C@H](O)CC[C@]4(CO)[C@H]3CC[C@@]21C. The molecule has 4 aliphatic carbocycles. The van der Waals surface area contributed by atoms with E-state index in [0.29, 0.717) is 25.7 Å². The van der Waals surface area contributed by atoms with E-state index in [-0.39, 0.29) is 29.8 Å². The fourth-order valence-electron chi connectivity index (χ4n) is 7.12. The zero-order chi connectivity index (χ0) is 18.7. The molecule has 0 aromatic carbocycles. The van der Waals surface area contributed by atoms with E-state index in [4.69, 9.17) is 4.74 Å². The Morgan fingerprint density at radius 2 is 1.96 bits per heavy atom. The number of aliphatic hydroxyl groups is 3. The van der Waals surface area contributed by atoms with E-state index in [9.17, 15) is 20.1 Å². The molecule has 0 saturated heterocycles. The lowest BCUT2D eigenvalue weighted by Crippen LogP contribution is -2.62. The molecule has 0 aliphatic heterocycles. The summed E-state index contributed by atoms with van der Waals surface area (Å²) >= 11 is 0. The fourth-order valence-corrected chi connectivity index (χ4v) is 7.12. The molecule has 3 N–H and O–H groups in total. The lowest BCUT2D eigenvalue weighted by Gasteiger charge is -2.61. The summed E-state index contributed by atoms with van der Waals surface area (Å²) in [7, 11) is 1.47. The Bertz CT molecular complexity index is 642. The molecular formula is C21H32O5. The molecule has 0 aromatic heterocycles. The summed E-state index contributed by atoms with van der Waals surface area (Å²) in [5.74, 6) is -0.0141. The van der Waals surface area contributed by atoms with Crippen LogP contribution >= 0.6 is 0 Å². The second kappa shape index (κ2) is 6.05. The summed E-state index contributed by atoms with van der Waals surface area (Å²) < 4.78 is 5.07. The molecular weight excluding hydrogens is 332 g/mol. The van der Waals surface area contributed by atoms with Crippen molar-refractivity contribution in [3.63, 3.8) is 0 Å². The van der Waals surface area contributed by atoms with Gasteiger partial charge in [0, 0.05) is 17.3 Å². The molecule has 0 bridgehead atoms. The largest absolute Gasteiger partial charge is 0.469 e. The third kappa shape index (κ3) is 2.23. The molecule has 3 saturated carbocycles. The number of methoxy groups -OCH3 is 1. The van der Waals surface area contributed by atoms with Crippen LogP contribution in [-0.2, 0) is 9.53 Å². The number of esters is 1. The summed E-state index contributed by atoms with van der Waals surface area (Å²) in [6.45, 7) is 2.17. The number of allylic oxidation sites excluding steroid dienone is 2. The van der Waals surface area contributed by atoms with Crippen LogP contribution in [0.4, 0.5) is 0 Å². The Morgan fingerprint density at radius 1 is 1.19 bits per heavy atom. The number of ether oxygens (including phenoxy) is 1. The van der Waals surface area contributed by atoms with Gasteiger partial charge >= 0.3 is 5.97 Å². The van der Waals surface area contributed by atoms with Crippen LogP contribution in [0.1, 0.15) is 64.7 Å². The van der Waals surface area contributed by atoms with Crippen LogP contribution in [0.5, 0.6) is 0 Å². The first-order valence-electron chi connectivity index (χ1n) is 10.1. The van der Waals surface area contributed by atoms with Crippen molar-refractivity contribution in [2.24, 2.45) is 22.7 Å². The van der Waals surface area contributed by atoms with Gasteiger partial charge in [-0.25, -0.2) is 0 Å². The summed E-state index contributed by atoms with van der Waals surface area (Å²) in [5.41, 5.74) is 1.12. The standard InChI is InChI=1S/C21H32O5/c1-19-8-7-16-14(15(19)3-4-17(19)18(24)26-2)6-10-21(25)11-13(23)5-9-20(16,21)12-22/h13,16-17,22-23,25H,3-12H2,1-2H3/t13-,16+,17+,19+,20+,21+/m1/s1. The van der Waals surface area contributed by atoms with Crippen LogP contribution in [0.25, 0.3) is 0 Å². The number of rotatable bonds is 2. The lowest BCUT2D eigenvalue weighted by molar-refractivity contribution is -0.199. The van der Waals surface area contributed by atoms with Crippen LogP contribution < -0.4 is 0 Å². The van der Waals surface area contributed by atoms with Crippen LogP contribution in [0, 0.1) is 22.7 Å². The highest BCUT2D eigenvalue weighted by molar-refractivity contribution is 5.75. The maximum absolute atomic E-state index is 12.3. The maximum Gasteiger partial charge on any atom is 0.309 e. The normalized spacial score (nSPS) is 47.8. The van der Waals surface area contributed by atoms with Crippen molar-refractivity contribution >= 4 is 5.97 Å². The van der Waals surface area contributed by atoms with E-state index in [0.717, 1.165) is 32.1 Å². The number of fused-ring (bicyclic) bond motifs is 4. The van der Waals surface area contributed by atoms with Gasteiger partial charge in [-0.3, -0.25) is 4.79 Å². The predicted octanol–water partition coefficient (Wildman–Crippen LogP) is 2.33. The highest BCUT2D eigenvalue weighted by Crippen LogP contribution is 2.65. The molecule has 26 heavy (non-hydrogen) atoms. The lowest BCUT2D eigenvalue weighted by atomic mass is 9.46. The molecule has 6 atom stereocenters. The van der Waals surface area contributed by atoms with E-state index >= 15 is 0 Å². The number of hydrogen-bond acceptors (Lipinski definition) is 5. The highest BCUT2D eigenvalue weighted by atomic mass is 16.5. The first-order chi connectivity index (χ1) is 12.3. The Hall–Kier alpha value is -0.910. The van der Waals surface area contributed by atoms with Gasteiger partial charge in [0.15, 0.2) is 0 Å². The molecule has 0 amide bonds. The molecule has 5 nitrogen and oxygen atoms in total. The molecule has 0 heterocycles. The van der Waals surface area contributed by atoms with Crippen LogP contribution in [0.15, 0.2) is 11.1 Å².